The fourth-order valence-corrected chi connectivity index (χ4v) is 5.66. The molecular weight excluding hydrogens is 452 g/mol. The number of thiazole rings is 1. The Morgan fingerprint density at radius 1 is 1.25 bits per heavy atom. The van der Waals surface area contributed by atoms with Crippen LogP contribution in [0.2, 0.25) is 0 Å². The largest absolute Gasteiger partial charge is 0.383 e. The molecule has 3 rings (SSSR count). The molecule has 32 heavy (non-hydrogen) atoms. The number of nitrogens with zero attached hydrogens (tertiary/aromatic N) is 4. The summed E-state index contributed by atoms with van der Waals surface area (Å²) < 4.78 is 7.32. The highest BCUT2D eigenvalue weighted by Crippen LogP contribution is 2.35. The monoisotopic (exact) mass is 480 g/mol. The van der Waals surface area contributed by atoms with E-state index in [2.05, 4.69) is 28.7 Å². The molecule has 3 N–H and O–H groups in total. The number of carbonyl (C=O) groups is 1. The lowest BCUT2D eigenvalue weighted by Gasteiger charge is -2.23. The summed E-state index contributed by atoms with van der Waals surface area (Å²) in [6.45, 7) is 8.37. The highest BCUT2D eigenvalue weighted by atomic mass is 32.1. The molecular formula is C20H28N6O4S2. The van der Waals surface area contributed by atoms with Gasteiger partial charge in [-0.3, -0.25) is 24.0 Å². The van der Waals surface area contributed by atoms with E-state index in [-0.39, 0.29) is 30.6 Å². The number of rotatable bonds is 10. The molecule has 174 valence electrons. The van der Waals surface area contributed by atoms with Crippen LogP contribution in [0, 0.1) is 0 Å². The Balaban J connectivity index is 2.04. The molecule has 0 saturated heterocycles. The van der Waals surface area contributed by atoms with E-state index in [1.165, 1.54) is 39.3 Å². The number of carbonyl (C=O) groups excluding carboxylic acids is 1. The normalized spacial score (nSPS) is 11.2. The van der Waals surface area contributed by atoms with Crippen molar-refractivity contribution in [3.05, 3.63) is 31.8 Å². The van der Waals surface area contributed by atoms with Crippen molar-refractivity contribution in [1.29, 1.82) is 0 Å². The summed E-state index contributed by atoms with van der Waals surface area (Å²) in [5, 5.41) is 0.916. The molecule has 0 unspecified atom stereocenters. The Hall–Kier alpha value is -2.70. The first-order valence-electron chi connectivity index (χ1n) is 10.4. The van der Waals surface area contributed by atoms with Gasteiger partial charge in [0, 0.05) is 33.3 Å². The van der Waals surface area contributed by atoms with E-state index in [1.54, 1.807) is 6.07 Å². The first-order chi connectivity index (χ1) is 15.4. The highest BCUT2D eigenvalue weighted by molar-refractivity contribution is 7.29. The van der Waals surface area contributed by atoms with Gasteiger partial charge in [-0.2, -0.15) is 0 Å². The number of ether oxygens (including phenoxy) is 1. The number of hydrogen-bond acceptors (Lipinski definition) is 9. The lowest BCUT2D eigenvalue weighted by molar-refractivity contribution is 0.0979. The third kappa shape index (κ3) is 4.57. The first-order valence-corrected chi connectivity index (χ1v) is 12.1. The molecule has 3 aromatic rings. The molecule has 0 aliphatic rings. The van der Waals surface area contributed by atoms with Crippen LogP contribution in [-0.2, 0) is 11.3 Å². The van der Waals surface area contributed by atoms with Crippen molar-refractivity contribution < 1.29 is 9.53 Å². The van der Waals surface area contributed by atoms with Gasteiger partial charge in [-0.05, 0) is 26.3 Å². The van der Waals surface area contributed by atoms with Gasteiger partial charge in [0.05, 0.1) is 16.2 Å². The van der Waals surface area contributed by atoms with Gasteiger partial charge in [-0.25, -0.2) is 9.78 Å². The van der Waals surface area contributed by atoms with E-state index in [0.29, 0.717) is 17.8 Å². The molecule has 12 heteroatoms. The van der Waals surface area contributed by atoms with Gasteiger partial charge in [0.2, 0.25) is 0 Å². The molecule has 0 saturated carbocycles. The standard InChI is InChI=1S/C20H28N6O4S2/c1-5-8-26-15(21)14(16(27)22-19(26)29)25(9-10-30-4)18(28)13-11-12-17(31-13)23-20(32-12)24(6-2)7-3/h11H,5-10,21H2,1-4H3,(H,22,27,29). The lowest BCUT2D eigenvalue weighted by Crippen LogP contribution is -2.42. The second-order valence-electron chi connectivity index (χ2n) is 7.04. The number of H-pyrrole nitrogens is 1. The van der Waals surface area contributed by atoms with Gasteiger partial charge >= 0.3 is 5.69 Å². The summed E-state index contributed by atoms with van der Waals surface area (Å²) in [6.07, 6.45) is 0.642. The van der Waals surface area contributed by atoms with Crippen molar-refractivity contribution >= 4 is 54.7 Å². The van der Waals surface area contributed by atoms with Crippen molar-refractivity contribution in [2.24, 2.45) is 0 Å². The van der Waals surface area contributed by atoms with Crippen molar-refractivity contribution in [3.8, 4) is 0 Å². The van der Waals surface area contributed by atoms with Crippen LogP contribution in [0.3, 0.4) is 0 Å². The number of methoxy groups -OCH3 is 1. The summed E-state index contributed by atoms with van der Waals surface area (Å²) in [4.78, 5) is 49.9. The molecule has 3 aromatic heterocycles. The predicted octanol–water partition coefficient (Wildman–Crippen LogP) is 2.34. The number of nitrogen functional groups attached to an aromatic ring is 1. The Morgan fingerprint density at radius 2 is 1.97 bits per heavy atom. The maximum absolute atomic E-state index is 13.5. The topological polar surface area (TPSA) is 127 Å². The van der Waals surface area contributed by atoms with Crippen molar-refractivity contribution in [3.63, 3.8) is 0 Å². The van der Waals surface area contributed by atoms with Crippen molar-refractivity contribution in [2.75, 3.05) is 48.9 Å². The van der Waals surface area contributed by atoms with Crippen molar-refractivity contribution in [1.82, 2.24) is 14.5 Å². The first kappa shape index (κ1) is 24.0. The second-order valence-corrected chi connectivity index (χ2v) is 9.08. The molecule has 0 bridgehead atoms. The van der Waals surface area contributed by atoms with E-state index in [1.807, 2.05) is 6.92 Å². The maximum Gasteiger partial charge on any atom is 0.330 e. The summed E-state index contributed by atoms with van der Waals surface area (Å²) in [7, 11) is 1.51. The average Bonchev–Trinajstić information content (AvgIpc) is 3.33. The van der Waals surface area contributed by atoms with E-state index in [0.717, 1.165) is 27.8 Å². The SMILES string of the molecule is CCCn1c(N)c(N(CCOC)C(=O)c2cc3sc(N(CC)CC)nc3s2)c(=O)[nH]c1=O. The van der Waals surface area contributed by atoms with Crippen LogP contribution in [0.4, 0.5) is 16.6 Å². The summed E-state index contributed by atoms with van der Waals surface area (Å²) in [5.41, 5.74) is 4.85. The molecule has 0 radical (unpaired) electrons. The Morgan fingerprint density at radius 3 is 2.56 bits per heavy atom. The van der Waals surface area contributed by atoms with Gasteiger partial charge < -0.3 is 15.4 Å². The smallest absolute Gasteiger partial charge is 0.330 e. The Labute approximate surface area is 193 Å². The van der Waals surface area contributed by atoms with Gasteiger partial charge in [-0.1, -0.05) is 18.3 Å². The molecule has 0 aromatic carbocycles. The minimum absolute atomic E-state index is 0.0367. The molecule has 0 aliphatic heterocycles. The van der Waals surface area contributed by atoms with Crippen LogP contribution in [0.25, 0.3) is 9.53 Å². The average molecular weight is 481 g/mol. The molecule has 0 aliphatic carbocycles. The van der Waals surface area contributed by atoms with Gasteiger partial charge in [-0.15, -0.1) is 11.3 Å². The highest BCUT2D eigenvalue weighted by Gasteiger charge is 2.27. The van der Waals surface area contributed by atoms with E-state index < -0.39 is 11.2 Å². The number of hydrogen-bond donors (Lipinski definition) is 2. The number of anilines is 3. The van der Waals surface area contributed by atoms with E-state index >= 15 is 0 Å². The van der Waals surface area contributed by atoms with Crippen LogP contribution < -0.4 is 26.8 Å². The number of aromatic nitrogens is 3. The second kappa shape index (κ2) is 10.3. The Bertz CT molecular complexity index is 1180. The van der Waals surface area contributed by atoms with E-state index in [9.17, 15) is 14.4 Å². The molecule has 1 amide bonds. The summed E-state index contributed by atoms with van der Waals surface area (Å²) >= 11 is 2.80. The zero-order valence-corrected chi connectivity index (χ0v) is 20.3. The number of thiophene rings is 1. The maximum atomic E-state index is 13.5. The van der Waals surface area contributed by atoms with Gasteiger partial charge in [0.25, 0.3) is 11.5 Å². The van der Waals surface area contributed by atoms with Gasteiger partial charge in [0.15, 0.2) is 10.8 Å². The number of fused-ring (bicyclic) bond motifs is 1. The Kier molecular flexibility index (Phi) is 7.69. The number of aromatic amines is 1. The number of nitrogens with two attached hydrogens (primary N) is 1. The number of amides is 1. The molecule has 0 spiro atoms. The molecule has 10 nitrogen and oxygen atoms in total. The number of nitrogens with one attached hydrogen (secondary N) is 1. The quantitative estimate of drug-likeness (QED) is 0.456. The fourth-order valence-electron chi connectivity index (χ4n) is 3.37. The summed E-state index contributed by atoms with van der Waals surface area (Å²) in [5.74, 6) is -0.425. The third-order valence-electron chi connectivity index (χ3n) is 5.02. The molecule has 3 heterocycles. The summed E-state index contributed by atoms with van der Waals surface area (Å²) in [6, 6.07) is 1.79. The lowest BCUT2D eigenvalue weighted by atomic mass is 10.3. The molecule has 0 fully saturated rings. The minimum Gasteiger partial charge on any atom is -0.383 e. The van der Waals surface area contributed by atoms with Gasteiger partial charge in [0.1, 0.15) is 10.6 Å². The van der Waals surface area contributed by atoms with Crippen molar-refractivity contribution in [2.45, 2.75) is 33.7 Å². The third-order valence-corrected chi connectivity index (χ3v) is 7.23. The zero-order valence-electron chi connectivity index (χ0n) is 18.6. The predicted molar refractivity (Wildman–Crippen MR) is 131 cm³/mol. The molecule has 0 atom stereocenters. The van der Waals surface area contributed by atoms with Crippen LogP contribution in [0.5, 0.6) is 0 Å². The fraction of sp³-hybridized carbons (Fsp3) is 0.500. The van der Waals surface area contributed by atoms with Crippen LogP contribution in [-0.4, -0.2) is 53.8 Å². The van der Waals surface area contributed by atoms with E-state index in [4.69, 9.17) is 10.5 Å². The zero-order chi connectivity index (χ0) is 23.4. The minimum atomic E-state index is -0.704. The van der Waals surface area contributed by atoms with Crippen LogP contribution >= 0.6 is 22.7 Å². The van der Waals surface area contributed by atoms with Crippen LogP contribution in [0.15, 0.2) is 15.7 Å². The van der Waals surface area contributed by atoms with Crippen LogP contribution in [0.1, 0.15) is 36.9 Å².